The second-order valence-corrected chi connectivity index (χ2v) is 4.53. The molecule has 1 aromatic heterocycles. The summed E-state index contributed by atoms with van der Waals surface area (Å²) in [5.74, 6) is -0.0613. The number of rotatable bonds is 5. The van der Waals surface area contributed by atoms with Crippen LogP contribution in [-0.2, 0) is 11.3 Å². The maximum atomic E-state index is 12.2. The van der Waals surface area contributed by atoms with E-state index in [9.17, 15) is 9.59 Å². The van der Waals surface area contributed by atoms with Gasteiger partial charge in [0.05, 0.1) is 6.33 Å². The van der Waals surface area contributed by atoms with Gasteiger partial charge in [-0.2, -0.15) is 0 Å². The van der Waals surface area contributed by atoms with Gasteiger partial charge in [-0.1, -0.05) is 0 Å². The van der Waals surface area contributed by atoms with E-state index >= 15 is 0 Å². The molecule has 0 bridgehead atoms. The predicted octanol–water partition coefficient (Wildman–Crippen LogP) is -0.983. The summed E-state index contributed by atoms with van der Waals surface area (Å²) >= 11 is 0. The zero-order chi connectivity index (χ0) is 13.7. The molecule has 0 atom stereocenters. The number of hydrogen-bond donors (Lipinski definition) is 1. The van der Waals surface area contributed by atoms with Gasteiger partial charge in [-0.3, -0.25) is 9.59 Å². The zero-order valence-electron chi connectivity index (χ0n) is 11.1. The van der Waals surface area contributed by atoms with Crippen LogP contribution in [0.1, 0.15) is 10.5 Å². The molecule has 0 aromatic carbocycles. The van der Waals surface area contributed by atoms with E-state index in [2.05, 4.69) is 10.3 Å². The summed E-state index contributed by atoms with van der Waals surface area (Å²) in [6, 6.07) is 0. The topological polar surface area (TPSA) is 70.5 Å². The van der Waals surface area contributed by atoms with Crippen molar-refractivity contribution in [2.75, 3.05) is 39.8 Å². The van der Waals surface area contributed by atoms with Crippen LogP contribution >= 0.6 is 0 Å². The van der Waals surface area contributed by atoms with Crippen molar-refractivity contribution in [2.45, 2.75) is 6.54 Å². The first-order valence-corrected chi connectivity index (χ1v) is 6.39. The van der Waals surface area contributed by atoms with Gasteiger partial charge in [0, 0.05) is 45.5 Å². The standard InChI is InChI=1S/C12H19N5O2/c1-13-2-3-16-8-11(14-9-16)12(19)17-6-4-15(10-18)5-7-17/h8-10,13H,2-7H2,1H3. The van der Waals surface area contributed by atoms with Crippen LogP contribution in [0.5, 0.6) is 0 Å². The number of amides is 2. The third kappa shape index (κ3) is 3.31. The molecule has 19 heavy (non-hydrogen) atoms. The Morgan fingerprint density at radius 2 is 2.16 bits per heavy atom. The molecular weight excluding hydrogens is 246 g/mol. The predicted molar refractivity (Wildman–Crippen MR) is 69.7 cm³/mol. The van der Waals surface area contributed by atoms with Crippen molar-refractivity contribution < 1.29 is 9.59 Å². The van der Waals surface area contributed by atoms with Crippen molar-refractivity contribution in [2.24, 2.45) is 0 Å². The van der Waals surface area contributed by atoms with Gasteiger partial charge in [0.25, 0.3) is 5.91 Å². The van der Waals surface area contributed by atoms with Crippen molar-refractivity contribution in [3.63, 3.8) is 0 Å². The molecule has 0 aliphatic carbocycles. The summed E-state index contributed by atoms with van der Waals surface area (Å²) in [4.78, 5) is 30.4. The Labute approximate surface area is 112 Å². The maximum absolute atomic E-state index is 12.2. The molecule has 1 aliphatic rings. The second-order valence-electron chi connectivity index (χ2n) is 4.53. The van der Waals surface area contributed by atoms with Crippen molar-refractivity contribution in [3.05, 3.63) is 18.2 Å². The zero-order valence-corrected chi connectivity index (χ0v) is 11.1. The van der Waals surface area contributed by atoms with Gasteiger partial charge in [-0.25, -0.2) is 4.98 Å². The highest BCUT2D eigenvalue weighted by molar-refractivity contribution is 5.92. The molecule has 0 saturated carbocycles. The van der Waals surface area contributed by atoms with E-state index in [1.54, 1.807) is 22.3 Å². The van der Waals surface area contributed by atoms with Crippen LogP contribution in [0.2, 0.25) is 0 Å². The smallest absolute Gasteiger partial charge is 0.274 e. The van der Waals surface area contributed by atoms with Gasteiger partial charge < -0.3 is 19.7 Å². The molecule has 0 radical (unpaired) electrons. The first-order valence-electron chi connectivity index (χ1n) is 6.39. The largest absolute Gasteiger partial charge is 0.342 e. The maximum Gasteiger partial charge on any atom is 0.274 e. The lowest BCUT2D eigenvalue weighted by atomic mass is 10.3. The molecule has 1 aliphatic heterocycles. The Balaban J connectivity index is 1.92. The van der Waals surface area contributed by atoms with Gasteiger partial charge in [-0.15, -0.1) is 0 Å². The Hall–Kier alpha value is -1.89. The number of aromatic nitrogens is 2. The molecule has 1 N–H and O–H groups in total. The molecule has 7 heteroatoms. The Kier molecular flexibility index (Phi) is 4.51. The molecule has 1 saturated heterocycles. The number of nitrogens with one attached hydrogen (secondary N) is 1. The van der Waals surface area contributed by atoms with Gasteiger partial charge in [-0.05, 0) is 7.05 Å². The normalized spacial score (nSPS) is 15.6. The first kappa shape index (κ1) is 13.5. The third-order valence-corrected chi connectivity index (χ3v) is 3.22. The van der Waals surface area contributed by atoms with Gasteiger partial charge in [0.1, 0.15) is 5.69 Å². The minimum absolute atomic E-state index is 0.0613. The quantitative estimate of drug-likeness (QED) is 0.695. The number of piperazine rings is 1. The van der Waals surface area contributed by atoms with Crippen LogP contribution in [-0.4, -0.2) is 71.4 Å². The van der Waals surface area contributed by atoms with Crippen LogP contribution in [0.25, 0.3) is 0 Å². The molecule has 2 rings (SSSR count). The van der Waals surface area contributed by atoms with Crippen LogP contribution in [0.4, 0.5) is 0 Å². The number of nitrogens with zero attached hydrogens (tertiary/aromatic N) is 4. The fourth-order valence-electron chi connectivity index (χ4n) is 2.03. The molecule has 1 aromatic rings. The molecule has 2 amide bonds. The summed E-state index contributed by atoms with van der Waals surface area (Å²) < 4.78 is 1.89. The lowest BCUT2D eigenvalue weighted by molar-refractivity contribution is -0.119. The molecule has 0 spiro atoms. The van der Waals surface area contributed by atoms with E-state index in [0.717, 1.165) is 19.5 Å². The Morgan fingerprint density at radius 1 is 1.42 bits per heavy atom. The lowest BCUT2D eigenvalue weighted by Gasteiger charge is -2.32. The van der Waals surface area contributed by atoms with E-state index in [1.807, 2.05) is 11.6 Å². The van der Waals surface area contributed by atoms with Gasteiger partial charge >= 0.3 is 0 Å². The van der Waals surface area contributed by atoms with Crippen LogP contribution < -0.4 is 5.32 Å². The van der Waals surface area contributed by atoms with E-state index in [1.165, 1.54) is 0 Å². The summed E-state index contributed by atoms with van der Waals surface area (Å²) in [5.41, 5.74) is 0.468. The highest BCUT2D eigenvalue weighted by atomic mass is 16.2. The lowest BCUT2D eigenvalue weighted by Crippen LogP contribution is -2.48. The summed E-state index contributed by atoms with van der Waals surface area (Å²) in [6.07, 6.45) is 4.27. The minimum Gasteiger partial charge on any atom is -0.342 e. The average Bonchev–Trinajstić information content (AvgIpc) is 2.93. The summed E-state index contributed by atoms with van der Waals surface area (Å²) in [5, 5.41) is 3.05. The fourth-order valence-corrected chi connectivity index (χ4v) is 2.03. The monoisotopic (exact) mass is 265 g/mol. The average molecular weight is 265 g/mol. The fraction of sp³-hybridized carbons (Fsp3) is 0.583. The summed E-state index contributed by atoms with van der Waals surface area (Å²) in [7, 11) is 1.88. The van der Waals surface area contributed by atoms with Gasteiger partial charge in [0.15, 0.2) is 0 Å². The van der Waals surface area contributed by atoms with Crippen LogP contribution in [0, 0.1) is 0 Å². The number of imidazole rings is 1. The number of hydrogen-bond acceptors (Lipinski definition) is 4. The second kappa shape index (κ2) is 6.33. The highest BCUT2D eigenvalue weighted by Crippen LogP contribution is 2.06. The number of likely N-dealkylation sites (N-methyl/N-ethyl adjacent to an activating group) is 1. The van der Waals surface area contributed by atoms with Crippen molar-refractivity contribution in [1.29, 1.82) is 0 Å². The van der Waals surface area contributed by atoms with E-state index in [-0.39, 0.29) is 5.91 Å². The summed E-state index contributed by atoms with van der Waals surface area (Å²) in [6.45, 7) is 3.95. The third-order valence-electron chi connectivity index (χ3n) is 3.22. The van der Waals surface area contributed by atoms with Crippen LogP contribution in [0.15, 0.2) is 12.5 Å². The molecular formula is C12H19N5O2. The molecule has 104 valence electrons. The molecule has 2 heterocycles. The molecule has 1 fully saturated rings. The van der Waals surface area contributed by atoms with E-state index < -0.39 is 0 Å². The number of carbonyl (C=O) groups excluding carboxylic acids is 2. The highest BCUT2D eigenvalue weighted by Gasteiger charge is 2.22. The SMILES string of the molecule is CNCCn1cnc(C(=O)N2CCN(C=O)CC2)c1. The Morgan fingerprint density at radius 3 is 2.79 bits per heavy atom. The minimum atomic E-state index is -0.0613. The van der Waals surface area contributed by atoms with Crippen LogP contribution in [0.3, 0.4) is 0 Å². The Bertz CT molecular complexity index is 437. The van der Waals surface area contributed by atoms with E-state index in [4.69, 9.17) is 0 Å². The first-order chi connectivity index (χ1) is 9.24. The van der Waals surface area contributed by atoms with Crippen molar-refractivity contribution >= 4 is 12.3 Å². The number of carbonyl (C=O) groups is 2. The van der Waals surface area contributed by atoms with Crippen molar-refractivity contribution in [3.8, 4) is 0 Å². The van der Waals surface area contributed by atoms with Crippen molar-refractivity contribution in [1.82, 2.24) is 24.7 Å². The van der Waals surface area contributed by atoms with Gasteiger partial charge in [0.2, 0.25) is 6.41 Å². The van der Waals surface area contributed by atoms with E-state index in [0.29, 0.717) is 31.9 Å². The molecule has 0 unspecified atom stereocenters. The molecule has 7 nitrogen and oxygen atoms in total.